The molecule has 2 aliphatic carbocycles. The lowest BCUT2D eigenvalue weighted by atomic mass is 9.76. The summed E-state index contributed by atoms with van der Waals surface area (Å²) >= 11 is 0. The summed E-state index contributed by atoms with van der Waals surface area (Å²) in [4.78, 5) is 0. The maximum atomic E-state index is 15.1. The van der Waals surface area contributed by atoms with Gasteiger partial charge in [-0.15, -0.1) is 0 Å². The van der Waals surface area contributed by atoms with Gasteiger partial charge in [0.2, 0.25) is 0 Å². The zero-order valence-electron chi connectivity index (χ0n) is 21.6. The third-order valence-electron chi connectivity index (χ3n) is 8.73. The fraction of sp³-hybridized carbons (Fsp3) is 0.600. The Morgan fingerprint density at radius 1 is 0.737 bits per heavy atom. The fourth-order valence-electron chi connectivity index (χ4n) is 6.28. The van der Waals surface area contributed by atoms with E-state index in [1.165, 1.54) is 31.7 Å². The molecule has 1 saturated heterocycles. The van der Waals surface area contributed by atoms with E-state index in [1.807, 2.05) is 0 Å². The maximum Gasteiger partial charge on any atom is 0.400 e. The first-order chi connectivity index (χ1) is 18.2. The lowest BCUT2D eigenvalue weighted by Gasteiger charge is -2.37. The van der Waals surface area contributed by atoms with Crippen LogP contribution in [0.4, 0.5) is 22.0 Å². The summed E-state index contributed by atoms with van der Waals surface area (Å²) in [5.41, 5.74) is 1.13. The van der Waals surface area contributed by atoms with Gasteiger partial charge in [0.25, 0.3) is 0 Å². The number of alkyl halides is 2. The summed E-state index contributed by atoms with van der Waals surface area (Å²) in [6.07, 6.45) is 1.76. The normalized spacial score (nSPS) is 30.7. The standard InChI is InChI=1S/C30H35F5O3/c1-18-2-4-19(5-3-18)22-16-36-29(37-17-22)21-8-12-25(27(32)14-21)20-6-9-23(10-7-20)30(34,35)38-24-11-13-26(31)28(33)15-24/h8,11-15,18-20,22-23,29H,2-7,9-10,16-17H2,1H3. The van der Waals surface area contributed by atoms with Crippen LogP contribution >= 0.6 is 0 Å². The van der Waals surface area contributed by atoms with Crippen molar-refractivity contribution in [3.63, 3.8) is 0 Å². The predicted octanol–water partition coefficient (Wildman–Crippen LogP) is 8.54. The molecular formula is C30H35F5O3. The van der Waals surface area contributed by atoms with E-state index in [9.17, 15) is 17.6 Å². The van der Waals surface area contributed by atoms with Crippen molar-refractivity contribution < 1.29 is 36.2 Å². The van der Waals surface area contributed by atoms with E-state index in [2.05, 4.69) is 6.92 Å². The molecule has 3 aliphatic rings. The van der Waals surface area contributed by atoms with E-state index < -0.39 is 35.7 Å². The van der Waals surface area contributed by atoms with Gasteiger partial charge in [0.1, 0.15) is 11.6 Å². The van der Waals surface area contributed by atoms with E-state index in [0.29, 0.717) is 55.1 Å². The van der Waals surface area contributed by atoms with Crippen LogP contribution in [0, 0.1) is 41.1 Å². The molecule has 0 amide bonds. The van der Waals surface area contributed by atoms with Crippen molar-refractivity contribution in [2.24, 2.45) is 23.7 Å². The number of ether oxygens (including phenoxy) is 3. The summed E-state index contributed by atoms with van der Waals surface area (Å²) in [5, 5.41) is 0. The zero-order valence-corrected chi connectivity index (χ0v) is 21.6. The second-order valence-electron chi connectivity index (χ2n) is 11.3. The smallest absolute Gasteiger partial charge is 0.400 e. The molecule has 2 aromatic carbocycles. The van der Waals surface area contributed by atoms with Crippen molar-refractivity contribution in [1.29, 1.82) is 0 Å². The minimum Gasteiger partial charge on any atom is -0.432 e. The molecule has 8 heteroatoms. The molecule has 2 saturated carbocycles. The summed E-state index contributed by atoms with van der Waals surface area (Å²) in [5.74, 6) is -2.69. The van der Waals surface area contributed by atoms with E-state index >= 15 is 4.39 Å². The molecule has 208 valence electrons. The van der Waals surface area contributed by atoms with Crippen LogP contribution in [0.5, 0.6) is 5.75 Å². The number of rotatable bonds is 6. The third kappa shape index (κ3) is 6.17. The van der Waals surface area contributed by atoms with Crippen LogP contribution in [0.3, 0.4) is 0 Å². The molecule has 0 N–H and O–H groups in total. The molecule has 0 spiro atoms. The number of benzene rings is 2. The lowest BCUT2D eigenvalue weighted by molar-refractivity contribution is -0.222. The first-order valence-electron chi connectivity index (χ1n) is 13.7. The second kappa shape index (κ2) is 11.5. The highest BCUT2D eigenvalue weighted by atomic mass is 19.3. The largest absolute Gasteiger partial charge is 0.432 e. The average Bonchev–Trinajstić information content (AvgIpc) is 2.91. The fourth-order valence-corrected chi connectivity index (χ4v) is 6.28. The molecule has 0 unspecified atom stereocenters. The van der Waals surface area contributed by atoms with Gasteiger partial charge in [0, 0.05) is 17.5 Å². The Labute approximate surface area is 220 Å². The minimum atomic E-state index is -3.54. The monoisotopic (exact) mass is 538 g/mol. The Balaban J connectivity index is 1.14. The molecule has 38 heavy (non-hydrogen) atoms. The highest BCUT2D eigenvalue weighted by Crippen LogP contribution is 2.44. The van der Waals surface area contributed by atoms with E-state index in [4.69, 9.17) is 14.2 Å². The van der Waals surface area contributed by atoms with Gasteiger partial charge in [0.05, 0.1) is 19.1 Å². The summed E-state index contributed by atoms with van der Waals surface area (Å²) in [6, 6.07) is 7.30. The van der Waals surface area contributed by atoms with Crippen LogP contribution in [0.2, 0.25) is 0 Å². The van der Waals surface area contributed by atoms with Gasteiger partial charge in [-0.3, -0.25) is 0 Å². The van der Waals surface area contributed by atoms with Gasteiger partial charge in [-0.25, -0.2) is 13.2 Å². The van der Waals surface area contributed by atoms with Gasteiger partial charge in [-0.05, 0) is 80.0 Å². The molecule has 0 bridgehead atoms. The summed E-state index contributed by atoms with van der Waals surface area (Å²) in [7, 11) is 0. The average molecular weight is 539 g/mol. The number of halogens is 5. The van der Waals surface area contributed by atoms with Crippen molar-refractivity contribution in [2.75, 3.05) is 13.2 Å². The van der Waals surface area contributed by atoms with Crippen molar-refractivity contribution >= 4 is 0 Å². The predicted molar refractivity (Wildman–Crippen MR) is 132 cm³/mol. The van der Waals surface area contributed by atoms with Crippen LogP contribution in [-0.2, 0) is 9.47 Å². The van der Waals surface area contributed by atoms with Crippen molar-refractivity contribution in [3.8, 4) is 5.75 Å². The van der Waals surface area contributed by atoms with Gasteiger partial charge in [-0.1, -0.05) is 31.9 Å². The molecule has 0 atom stereocenters. The van der Waals surface area contributed by atoms with Crippen molar-refractivity contribution in [1.82, 2.24) is 0 Å². The number of hydrogen-bond donors (Lipinski definition) is 0. The molecule has 3 fully saturated rings. The lowest BCUT2D eigenvalue weighted by Crippen LogP contribution is -2.37. The maximum absolute atomic E-state index is 15.1. The third-order valence-corrected chi connectivity index (χ3v) is 8.73. The zero-order chi connectivity index (χ0) is 26.9. The molecule has 3 nitrogen and oxygen atoms in total. The molecular weight excluding hydrogens is 503 g/mol. The van der Waals surface area contributed by atoms with Crippen LogP contribution in [0.15, 0.2) is 36.4 Å². The molecule has 5 rings (SSSR count). The van der Waals surface area contributed by atoms with Crippen molar-refractivity contribution in [3.05, 3.63) is 65.0 Å². The van der Waals surface area contributed by atoms with Crippen LogP contribution in [-0.4, -0.2) is 19.3 Å². The highest BCUT2D eigenvalue weighted by molar-refractivity contribution is 5.29. The first-order valence-corrected chi connectivity index (χ1v) is 13.7. The summed E-state index contributed by atoms with van der Waals surface area (Å²) in [6.45, 7) is 3.52. The highest BCUT2D eigenvalue weighted by Gasteiger charge is 2.44. The Hall–Kier alpha value is -2.19. The first kappa shape index (κ1) is 27.4. The Morgan fingerprint density at radius 2 is 1.42 bits per heavy atom. The van der Waals surface area contributed by atoms with E-state index in [0.717, 1.165) is 18.1 Å². The minimum absolute atomic E-state index is 0.124. The number of hydrogen-bond acceptors (Lipinski definition) is 3. The quantitative estimate of drug-likeness (QED) is 0.345. The van der Waals surface area contributed by atoms with Gasteiger partial charge in [0.15, 0.2) is 17.9 Å². The molecule has 1 aliphatic heterocycles. The van der Waals surface area contributed by atoms with Crippen molar-refractivity contribution in [2.45, 2.75) is 76.6 Å². The van der Waals surface area contributed by atoms with Crippen LogP contribution in [0.1, 0.15) is 81.6 Å². The molecule has 0 radical (unpaired) electrons. The van der Waals surface area contributed by atoms with Gasteiger partial charge >= 0.3 is 6.11 Å². The van der Waals surface area contributed by atoms with E-state index in [-0.39, 0.29) is 24.6 Å². The van der Waals surface area contributed by atoms with Gasteiger partial charge in [-0.2, -0.15) is 8.78 Å². The summed E-state index contributed by atoms with van der Waals surface area (Å²) < 4.78 is 87.7. The van der Waals surface area contributed by atoms with Crippen LogP contribution < -0.4 is 4.74 Å². The molecule has 2 aromatic rings. The Kier molecular flexibility index (Phi) is 8.29. The Bertz CT molecular complexity index is 1090. The van der Waals surface area contributed by atoms with Crippen LogP contribution in [0.25, 0.3) is 0 Å². The molecule has 0 aromatic heterocycles. The second-order valence-corrected chi connectivity index (χ2v) is 11.3. The topological polar surface area (TPSA) is 27.7 Å². The Morgan fingerprint density at radius 3 is 2.05 bits per heavy atom. The van der Waals surface area contributed by atoms with E-state index in [1.54, 1.807) is 12.1 Å². The molecule has 1 heterocycles. The SMILES string of the molecule is CC1CCC(C2COC(c3ccc(C4CCC(C(F)(F)Oc5ccc(F)c(F)c5)CC4)c(F)c3)OC2)CC1. The van der Waals surface area contributed by atoms with Gasteiger partial charge < -0.3 is 14.2 Å².